The van der Waals surface area contributed by atoms with E-state index in [9.17, 15) is 9.59 Å². The molecule has 0 saturated heterocycles. The van der Waals surface area contributed by atoms with Gasteiger partial charge in [0.05, 0.1) is 6.42 Å². The molecule has 0 radical (unpaired) electrons. The van der Waals surface area contributed by atoms with E-state index in [4.69, 9.17) is 23.2 Å². The highest BCUT2D eigenvalue weighted by molar-refractivity contribution is 6.31. The third-order valence-corrected chi connectivity index (χ3v) is 4.88. The molecule has 27 heavy (non-hydrogen) atoms. The minimum absolute atomic E-state index is 0.143. The summed E-state index contributed by atoms with van der Waals surface area (Å²) < 4.78 is 0. The van der Waals surface area contributed by atoms with Crippen LogP contribution in [0.2, 0.25) is 10.0 Å². The van der Waals surface area contributed by atoms with Crippen LogP contribution in [0.15, 0.2) is 48.5 Å². The van der Waals surface area contributed by atoms with E-state index >= 15 is 0 Å². The molecule has 0 aromatic heterocycles. The lowest BCUT2D eigenvalue weighted by atomic mass is 10.1. The van der Waals surface area contributed by atoms with Gasteiger partial charge in [-0.3, -0.25) is 9.59 Å². The summed E-state index contributed by atoms with van der Waals surface area (Å²) in [6.07, 6.45) is 0.679. The summed E-state index contributed by atoms with van der Waals surface area (Å²) in [6, 6.07) is 14.0. The molecule has 0 fully saturated rings. The van der Waals surface area contributed by atoms with Crippen LogP contribution in [0.4, 0.5) is 0 Å². The smallest absolute Gasteiger partial charge is 0.242 e. The van der Waals surface area contributed by atoms with Gasteiger partial charge in [0.2, 0.25) is 11.8 Å². The largest absolute Gasteiger partial charge is 0.355 e. The van der Waals surface area contributed by atoms with Crippen molar-refractivity contribution in [3.63, 3.8) is 0 Å². The molecule has 2 rings (SSSR count). The van der Waals surface area contributed by atoms with E-state index < -0.39 is 6.04 Å². The maximum Gasteiger partial charge on any atom is 0.242 e. The molecule has 1 atom stereocenters. The first-order chi connectivity index (χ1) is 13.0. The third-order valence-electron chi connectivity index (χ3n) is 4.28. The van der Waals surface area contributed by atoms with Crippen LogP contribution >= 0.6 is 23.2 Å². The van der Waals surface area contributed by atoms with E-state index in [0.717, 1.165) is 11.1 Å². The topological polar surface area (TPSA) is 49.4 Å². The number of nitrogens with one attached hydrogen (secondary N) is 1. The Morgan fingerprint density at radius 2 is 1.81 bits per heavy atom. The van der Waals surface area contributed by atoms with Crippen molar-refractivity contribution < 1.29 is 9.59 Å². The summed E-state index contributed by atoms with van der Waals surface area (Å²) in [4.78, 5) is 27.3. The predicted molar refractivity (Wildman–Crippen MR) is 110 cm³/mol. The van der Waals surface area contributed by atoms with Crippen molar-refractivity contribution in [1.82, 2.24) is 10.2 Å². The Balaban J connectivity index is 2.31. The summed E-state index contributed by atoms with van der Waals surface area (Å²) in [5.74, 6) is -0.304. The van der Waals surface area contributed by atoms with Crippen molar-refractivity contribution in [2.75, 3.05) is 6.54 Å². The molecule has 1 N–H and O–H groups in total. The zero-order valence-electron chi connectivity index (χ0n) is 15.5. The Morgan fingerprint density at radius 1 is 1.07 bits per heavy atom. The average molecular weight is 407 g/mol. The summed E-state index contributed by atoms with van der Waals surface area (Å²) in [5.41, 5.74) is 1.61. The fraction of sp³-hybridized carbons (Fsp3) is 0.333. The predicted octanol–water partition coefficient (Wildman–Crippen LogP) is 4.48. The molecular weight excluding hydrogens is 383 g/mol. The van der Waals surface area contributed by atoms with E-state index in [1.807, 2.05) is 44.2 Å². The minimum Gasteiger partial charge on any atom is -0.355 e. The SMILES string of the molecule is CCNC(=O)[C@H](CC)N(Cc1ccccc1Cl)C(=O)Cc1cccc(Cl)c1. The number of benzene rings is 2. The van der Waals surface area contributed by atoms with Gasteiger partial charge in [-0.15, -0.1) is 0 Å². The van der Waals surface area contributed by atoms with Crippen LogP contribution in [0.25, 0.3) is 0 Å². The fourth-order valence-electron chi connectivity index (χ4n) is 2.94. The molecule has 0 heterocycles. The van der Waals surface area contributed by atoms with Crippen LogP contribution in [0.1, 0.15) is 31.4 Å². The van der Waals surface area contributed by atoms with Gasteiger partial charge >= 0.3 is 0 Å². The van der Waals surface area contributed by atoms with Crippen LogP contribution in [0.5, 0.6) is 0 Å². The highest BCUT2D eigenvalue weighted by atomic mass is 35.5. The first-order valence-corrected chi connectivity index (χ1v) is 9.76. The molecule has 144 valence electrons. The van der Waals surface area contributed by atoms with Gasteiger partial charge in [0.15, 0.2) is 0 Å². The minimum atomic E-state index is -0.562. The van der Waals surface area contributed by atoms with Crippen molar-refractivity contribution in [3.8, 4) is 0 Å². The van der Waals surface area contributed by atoms with Crippen molar-refractivity contribution in [2.45, 2.75) is 39.3 Å². The number of nitrogens with zero attached hydrogens (tertiary/aromatic N) is 1. The second kappa shape index (κ2) is 10.3. The van der Waals surface area contributed by atoms with E-state index in [2.05, 4.69) is 5.32 Å². The number of halogens is 2. The van der Waals surface area contributed by atoms with E-state index in [-0.39, 0.29) is 24.8 Å². The maximum atomic E-state index is 13.1. The lowest BCUT2D eigenvalue weighted by Crippen LogP contribution is -2.49. The number of amides is 2. The number of rotatable bonds is 8. The zero-order chi connectivity index (χ0) is 19.8. The second-order valence-corrected chi connectivity index (χ2v) is 7.08. The summed E-state index contributed by atoms with van der Waals surface area (Å²) in [5, 5.41) is 3.97. The van der Waals surface area contributed by atoms with Crippen molar-refractivity contribution in [1.29, 1.82) is 0 Å². The van der Waals surface area contributed by atoms with Gasteiger partial charge in [-0.25, -0.2) is 0 Å². The molecule has 6 heteroatoms. The number of likely N-dealkylation sites (N-methyl/N-ethyl adjacent to an activating group) is 1. The molecule has 0 bridgehead atoms. The molecule has 0 spiro atoms. The van der Waals surface area contributed by atoms with Crippen molar-refractivity contribution >= 4 is 35.0 Å². The molecule has 0 aliphatic rings. The molecular formula is C21H24Cl2N2O2. The molecule has 0 unspecified atom stereocenters. The number of hydrogen-bond acceptors (Lipinski definition) is 2. The van der Waals surface area contributed by atoms with Crippen molar-refractivity contribution in [3.05, 3.63) is 69.7 Å². The standard InChI is InChI=1S/C21H24Cl2N2O2/c1-3-19(21(27)24-4-2)25(14-16-9-5-6-11-18(16)23)20(26)13-15-8-7-10-17(22)12-15/h5-12,19H,3-4,13-14H2,1-2H3,(H,24,27)/t19-/m0/s1. The van der Waals surface area contributed by atoms with Gasteiger partial charge in [-0.2, -0.15) is 0 Å². The molecule has 0 aliphatic carbocycles. The van der Waals surface area contributed by atoms with E-state index in [1.165, 1.54) is 0 Å². The average Bonchev–Trinajstić information content (AvgIpc) is 2.63. The maximum absolute atomic E-state index is 13.1. The number of carbonyl (C=O) groups is 2. The van der Waals surface area contributed by atoms with Crippen LogP contribution < -0.4 is 5.32 Å². The van der Waals surface area contributed by atoms with Gasteiger partial charge in [-0.1, -0.05) is 60.5 Å². The molecule has 0 saturated carbocycles. The fourth-order valence-corrected chi connectivity index (χ4v) is 3.35. The van der Waals surface area contributed by atoms with Gasteiger partial charge in [-0.05, 0) is 42.7 Å². The summed E-state index contributed by atoms with van der Waals surface area (Å²) in [6.45, 7) is 4.54. The lowest BCUT2D eigenvalue weighted by molar-refractivity contribution is -0.140. The molecule has 2 aromatic rings. The van der Waals surface area contributed by atoms with Gasteiger partial charge < -0.3 is 10.2 Å². The third kappa shape index (κ3) is 5.98. The normalized spacial score (nSPS) is 11.7. The first-order valence-electron chi connectivity index (χ1n) is 9.01. The summed E-state index contributed by atoms with van der Waals surface area (Å²) in [7, 11) is 0. The van der Waals surface area contributed by atoms with Gasteiger partial charge in [0, 0.05) is 23.1 Å². The molecule has 0 aliphatic heterocycles. The van der Waals surface area contributed by atoms with E-state index in [0.29, 0.717) is 23.0 Å². The monoisotopic (exact) mass is 406 g/mol. The van der Waals surface area contributed by atoms with Gasteiger partial charge in [0.25, 0.3) is 0 Å². The Kier molecular flexibility index (Phi) is 8.14. The van der Waals surface area contributed by atoms with Gasteiger partial charge in [0.1, 0.15) is 6.04 Å². The Bertz CT molecular complexity index is 795. The Hall–Kier alpha value is -2.04. The van der Waals surface area contributed by atoms with Crippen LogP contribution in [-0.2, 0) is 22.6 Å². The number of carbonyl (C=O) groups excluding carboxylic acids is 2. The van der Waals surface area contributed by atoms with Crippen molar-refractivity contribution in [2.24, 2.45) is 0 Å². The molecule has 2 amide bonds. The first kappa shape index (κ1) is 21.3. The number of hydrogen-bond donors (Lipinski definition) is 1. The highest BCUT2D eigenvalue weighted by Gasteiger charge is 2.28. The Morgan fingerprint density at radius 3 is 2.44 bits per heavy atom. The Labute approximate surface area is 170 Å². The quantitative estimate of drug-likeness (QED) is 0.702. The highest BCUT2D eigenvalue weighted by Crippen LogP contribution is 2.21. The lowest BCUT2D eigenvalue weighted by Gasteiger charge is -2.31. The van der Waals surface area contributed by atoms with Crippen LogP contribution in [0.3, 0.4) is 0 Å². The molecule has 2 aromatic carbocycles. The van der Waals surface area contributed by atoms with E-state index in [1.54, 1.807) is 23.1 Å². The summed E-state index contributed by atoms with van der Waals surface area (Å²) >= 11 is 12.3. The second-order valence-electron chi connectivity index (χ2n) is 6.24. The van der Waals surface area contributed by atoms with Crippen LogP contribution in [-0.4, -0.2) is 29.3 Å². The molecule has 4 nitrogen and oxygen atoms in total. The van der Waals surface area contributed by atoms with Crippen LogP contribution in [0, 0.1) is 0 Å². The zero-order valence-corrected chi connectivity index (χ0v) is 17.1.